The molecule has 1 amide bonds. The number of halogens is 1. The Hall–Kier alpha value is -2.62. The van der Waals surface area contributed by atoms with E-state index in [1.165, 1.54) is 18.2 Å². The summed E-state index contributed by atoms with van der Waals surface area (Å²) in [6.07, 6.45) is 3.18. The second-order valence-electron chi connectivity index (χ2n) is 4.78. The van der Waals surface area contributed by atoms with Crippen molar-refractivity contribution in [3.05, 3.63) is 71.6 Å². The molecule has 0 heterocycles. The number of nitrogens with one attached hydrogen (secondary N) is 1. The highest BCUT2D eigenvalue weighted by atomic mass is 19.1. The van der Waals surface area contributed by atoms with Crippen molar-refractivity contribution in [2.45, 2.75) is 13.0 Å². The summed E-state index contributed by atoms with van der Waals surface area (Å²) in [6.45, 7) is 1.85. The smallest absolute Gasteiger partial charge is 0.244 e. The monoisotopic (exact) mass is 284 g/mol. The molecule has 108 valence electrons. The lowest BCUT2D eigenvalue weighted by atomic mass is 10.1. The van der Waals surface area contributed by atoms with E-state index in [1.54, 1.807) is 30.3 Å². The Kier molecular flexibility index (Phi) is 4.72. The molecule has 0 spiro atoms. The molecule has 4 heteroatoms. The molecule has 2 aromatic carbocycles. The van der Waals surface area contributed by atoms with E-state index in [0.717, 1.165) is 11.1 Å². The van der Waals surface area contributed by atoms with Gasteiger partial charge >= 0.3 is 0 Å². The van der Waals surface area contributed by atoms with Crippen molar-refractivity contribution < 1.29 is 9.18 Å². The van der Waals surface area contributed by atoms with Crippen LogP contribution in [0.3, 0.4) is 0 Å². The predicted molar refractivity (Wildman–Crippen MR) is 82.8 cm³/mol. The van der Waals surface area contributed by atoms with Gasteiger partial charge < -0.3 is 11.1 Å². The molecule has 3 N–H and O–H groups in total. The van der Waals surface area contributed by atoms with Crippen LogP contribution in [0.5, 0.6) is 0 Å². The number of carbonyl (C=O) groups is 1. The molecule has 0 aliphatic heterocycles. The molecule has 0 saturated carbocycles. The van der Waals surface area contributed by atoms with Crippen molar-refractivity contribution in [1.82, 2.24) is 5.32 Å². The molecule has 0 bridgehead atoms. The summed E-state index contributed by atoms with van der Waals surface area (Å²) < 4.78 is 12.8. The normalized spacial score (nSPS) is 12.3. The molecule has 0 radical (unpaired) electrons. The van der Waals surface area contributed by atoms with Crippen LogP contribution in [0.15, 0.2) is 54.6 Å². The Morgan fingerprint density at radius 2 is 1.76 bits per heavy atom. The van der Waals surface area contributed by atoms with Crippen LogP contribution < -0.4 is 11.1 Å². The lowest BCUT2D eigenvalue weighted by molar-refractivity contribution is -0.117. The third-order valence-electron chi connectivity index (χ3n) is 3.09. The topological polar surface area (TPSA) is 55.1 Å². The van der Waals surface area contributed by atoms with Crippen LogP contribution in [0.4, 0.5) is 10.1 Å². The van der Waals surface area contributed by atoms with E-state index in [0.29, 0.717) is 5.69 Å². The standard InChI is InChI=1S/C17H17FN2O/c1-12(14-5-7-15(18)8-6-14)20-17(21)11-4-13-2-9-16(19)10-3-13/h2-12H,19H2,1H3,(H,20,21)/b11-4+/t12-/m0/s1. The number of hydrogen-bond acceptors (Lipinski definition) is 2. The van der Waals surface area contributed by atoms with Crippen molar-refractivity contribution in [3.8, 4) is 0 Å². The van der Waals surface area contributed by atoms with Crippen LogP contribution in [-0.4, -0.2) is 5.91 Å². The number of nitrogens with two attached hydrogens (primary N) is 1. The van der Waals surface area contributed by atoms with E-state index in [-0.39, 0.29) is 17.8 Å². The van der Waals surface area contributed by atoms with Gasteiger partial charge in [0.05, 0.1) is 6.04 Å². The van der Waals surface area contributed by atoms with Crippen LogP contribution in [-0.2, 0) is 4.79 Å². The Balaban J connectivity index is 1.94. The maximum absolute atomic E-state index is 12.8. The zero-order valence-electron chi connectivity index (χ0n) is 11.7. The first-order chi connectivity index (χ1) is 10.0. The van der Waals surface area contributed by atoms with Crippen LogP contribution in [0.2, 0.25) is 0 Å². The molecular formula is C17H17FN2O. The first kappa shape index (κ1) is 14.8. The highest BCUT2D eigenvalue weighted by molar-refractivity contribution is 5.92. The first-order valence-electron chi connectivity index (χ1n) is 6.64. The van der Waals surface area contributed by atoms with E-state index >= 15 is 0 Å². The van der Waals surface area contributed by atoms with Gasteiger partial charge in [0.1, 0.15) is 5.82 Å². The van der Waals surface area contributed by atoms with Crippen LogP contribution in [0.1, 0.15) is 24.1 Å². The summed E-state index contributed by atoms with van der Waals surface area (Å²) in [5, 5.41) is 2.82. The molecule has 0 fully saturated rings. The Morgan fingerprint density at radius 3 is 2.38 bits per heavy atom. The van der Waals surface area contributed by atoms with E-state index in [2.05, 4.69) is 5.32 Å². The third-order valence-corrected chi connectivity index (χ3v) is 3.09. The Labute approximate surface area is 123 Å². The molecule has 1 atom stereocenters. The summed E-state index contributed by atoms with van der Waals surface area (Å²) in [4.78, 5) is 11.8. The summed E-state index contributed by atoms with van der Waals surface area (Å²) in [7, 11) is 0. The molecule has 2 aromatic rings. The van der Waals surface area contributed by atoms with Crippen LogP contribution in [0, 0.1) is 5.82 Å². The van der Waals surface area contributed by atoms with Gasteiger partial charge in [-0.1, -0.05) is 24.3 Å². The SMILES string of the molecule is C[C@H](NC(=O)/C=C/c1ccc(N)cc1)c1ccc(F)cc1. The van der Waals surface area contributed by atoms with Crippen molar-refractivity contribution >= 4 is 17.7 Å². The summed E-state index contributed by atoms with van der Waals surface area (Å²) >= 11 is 0. The average molecular weight is 284 g/mol. The van der Waals surface area contributed by atoms with Crippen LogP contribution >= 0.6 is 0 Å². The van der Waals surface area contributed by atoms with Gasteiger partial charge in [-0.25, -0.2) is 4.39 Å². The molecular weight excluding hydrogens is 267 g/mol. The molecule has 0 aromatic heterocycles. The van der Waals surface area contributed by atoms with Gasteiger partial charge in [0.2, 0.25) is 5.91 Å². The average Bonchev–Trinajstić information content (AvgIpc) is 2.47. The molecule has 2 rings (SSSR count). The molecule has 3 nitrogen and oxygen atoms in total. The number of amides is 1. The maximum atomic E-state index is 12.8. The Morgan fingerprint density at radius 1 is 1.14 bits per heavy atom. The zero-order valence-corrected chi connectivity index (χ0v) is 11.7. The molecule has 21 heavy (non-hydrogen) atoms. The second kappa shape index (κ2) is 6.70. The van der Waals surface area contributed by atoms with Gasteiger partial charge in [-0.05, 0) is 48.4 Å². The van der Waals surface area contributed by atoms with Gasteiger partial charge in [0.25, 0.3) is 0 Å². The summed E-state index contributed by atoms with van der Waals surface area (Å²) in [5.41, 5.74) is 8.02. The fraction of sp³-hybridized carbons (Fsp3) is 0.118. The largest absolute Gasteiger partial charge is 0.399 e. The van der Waals surface area contributed by atoms with Gasteiger partial charge in [-0.3, -0.25) is 4.79 Å². The number of carbonyl (C=O) groups excluding carboxylic acids is 1. The minimum atomic E-state index is -0.291. The number of hydrogen-bond donors (Lipinski definition) is 2. The highest BCUT2D eigenvalue weighted by Gasteiger charge is 2.07. The number of benzene rings is 2. The summed E-state index contributed by atoms with van der Waals surface area (Å²) in [6, 6.07) is 13.1. The van der Waals surface area contributed by atoms with Gasteiger partial charge in [0.15, 0.2) is 0 Å². The first-order valence-corrected chi connectivity index (χ1v) is 6.64. The minimum Gasteiger partial charge on any atom is -0.399 e. The third kappa shape index (κ3) is 4.45. The Bertz CT molecular complexity index is 633. The maximum Gasteiger partial charge on any atom is 0.244 e. The number of anilines is 1. The fourth-order valence-electron chi connectivity index (χ4n) is 1.88. The minimum absolute atomic E-state index is 0.186. The lowest BCUT2D eigenvalue weighted by Gasteiger charge is -2.12. The lowest BCUT2D eigenvalue weighted by Crippen LogP contribution is -2.24. The number of nitrogen functional groups attached to an aromatic ring is 1. The van der Waals surface area contributed by atoms with Gasteiger partial charge in [0, 0.05) is 11.8 Å². The fourth-order valence-corrected chi connectivity index (χ4v) is 1.88. The van der Waals surface area contributed by atoms with Crippen molar-refractivity contribution in [1.29, 1.82) is 0 Å². The van der Waals surface area contributed by atoms with Crippen molar-refractivity contribution in [2.75, 3.05) is 5.73 Å². The number of rotatable bonds is 4. The van der Waals surface area contributed by atoms with E-state index in [4.69, 9.17) is 5.73 Å². The quantitative estimate of drug-likeness (QED) is 0.668. The predicted octanol–water partition coefficient (Wildman–Crippen LogP) is 3.30. The zero-order chi connectivity index (χ0) is 15.2. The van der Waals surface area contributed by atoms with Gasteiger partial charge in [-0.15, -0.1) is 0 Å². The van der Waals surface area contributed by atoms with E-state index in [1.807, 2.05) is 19.1 Å². The van der Waals surface area contributed by atoms with Crippen LogP contribution in [0.25, 0.3) is 6.08 Å². The summed E-state index contributed by atoms with van der Waals surface area (Å²) in [5.74, 6) is -0.496. The van der Waals surface area contributed by atoms with E-state index < -0.39 is 0 Å². The van der Waals surface area contributed by atoms with Crippen molar-refractivity contribution in [2.24, 2.45) is 0 Å². The molecule has 0 aliphatic carbocycles. The van der Waals surface area contributed by atoms with E-state index in [9.17, 15) is 9.18 Å². The molecule has 0 aliphatic rings. The van der Waals surface area contributed by atoms with Gasteiger partial charge in [-0.2, -0.15) is 0 Å². The highest BCUT2D eigenvalue weighted by Crippen LogP contribution is 2.13. The van der Waals surface area contributed by atoms with Crippen molar-refractivity contribution in [3.63, 3.8) is 0 Å². The molecule has 0 unspecified atom stereocenters. The second-order valence-corrected chi connectivity index (χ2v) is 4.78. The molecule has 0 saturated heterocycles.